The van der Waals surface area contributed by atoms with Crippen molar-refractivity contribution in [2.45, 2.75) is 83.1 Å². The number of carbonyl (C=O) groups excluding carboxylic acids is 5. The van der Waals surface area contributed by atoms with Gasteiger partial charge in [-0.3, -0.25) is 38.6 Å². The number of aromatic hydroxyl groups is 1. The van der Waals surface area contributed by atoms with E-state index in [1.807, 2.05) is 0 Å². The second kappa shape index (κ2) is 20.7. The lowest BCUT2D eigenvalue weighted by atomic mass is 10.0. The standard InChI is InChI=1S/C30H47N9O10/c1-15(2)24(29(49)35-14-23(43)44)39-28(48)20(5-4-12-34-30(32)33)38-27(47)21(10-11-22(41)42)37-25(45)16(3)36-26(46)19(31)13-17-6-8-18(40)9-7-17/h6-9,15-16,19-21,24,40H,4-5,10-14,31H2,1-3H3,(H,35,49)(H,36,46)(H,37,45)(H,38,47)(H,39,48)(H,41,42)(H,43,44)(H4,32,33,34)/t16-,19-,20-,21-,24-/m0/s1. The van der Waals surface area contributed by atoms with Crippen molar-refractivity contribution in [2.75, 3.05) is 13.1 Å². The van der Waals surface area contributed by atoms with E-state index in [0.29, 0.717) is 5.56 Å². The number of benzene rings is 1. The molecule has 0 spiro atoms. The van der Waals surface area contributed by atoms with Crippen molar-refractivity contribution in [3.05, 3.63) is 29.8 Å². The molecule has 0 aliphatic heterocycles. The van der Waals surface area contributed by atoms with Crippen LogP contribution < -0.4 is 43.8 Å². The summed E-state index contributed by atoms with van der Waals surface area (Å²) in [6.07, 6.45) is -0.719. The summed E-state index contributed by atoms with van der Waals surface area (Å²) in [5.41, 5.74) is 17.3. The van der Waals surface area contributed by atoms with Gasteiger partial charge in [-0.05, 0) is 56.2 Å². The van der Waals surface area contributed by atoms with Gasteiger partial charge in [0.05, 0.1) is 6.04 Å². The molecule has 0 bridgehead atoms. The van der Waals surface area contributed by atoms with Crippen LogP contribution in [0.5, 0.6) is 5.75 Å². The molecule has 49 heavy (non-hydrogen) atoms. The number of carboxylic acid groups (broad SMARTS) is 2. The van der Waals surface area contributed by atoms with Crippen molar-refractivity contribution < 1.29 is 48.9 Å². The van der Waals surface area contributed by atoms with Crippen molar-refractivity contribution in [3.8, 4) is 5.75 Å². The zero-order valence-electron chi connectivity index (χ0n) is 27.6. The largest absolute Gasteiger partial charge is 0.508 e. The maximum Gasteiger partial charge on any atom is 0.322 e. The molecule has 0 unspecified atom stereocenters. The molecule has 0 fully saturated rings. The van der Waals surface area contributed by atoms with E-state index in [0.717, 1.165) is 0 Å². The van der Waals surface area contributed by atoms with Crippen molar-refractivity contribution in [2.24, 2.45) is 28.1 Å². The molecule has 0 radical (unpaired) electrons. The fraction of sp³-hybridized carbons (Fsp3) is 0.533. The molecule has 1 aromatic rings. The first-order valence-electron chi connectivity index (χ1n) is 15.4. The first-order chi connectivity index (χ1) is 22.9. The van der Waals surface area contributed by atoms with Crippen LogP contribution in [0.25, 0.3) is 0 Å². The van der Waals surface area contributed by atoms with Crippen LogP contribution in [0.2, 0.25) is 0 Å². The van der Waals surface area contributed by atoms with Crippen molar-refractivity contribution in [1.29, 1.82) is 0 Å². The fourth-order valence-electron chi connectivity index (χ4n) is 4.30. The van der Waals surface area contributed by atoms with Gasteiger partial charge in [-0.1, -0.05) is 26.0 Å². The molecule has 0 aliphatic carbocycles. The van der Waals surface area contributed by atoms with Crippen molar-refractivity contribution in [3.63, 3.8) is 0 Å². The molecule has 1 aromatic carbocycles. The third-order valence-corrected chi connectivity index (χ3v) is 7.00. The highest BCUT2D eigenvalue weighted by atomic mass is 16.4. The van der Waals surface area contributed by atoms with Crippen LogP contribution in [0.1, 0.15) is 52.0 Å². The highest BCUT2D eigenvalue weighted by Gasteiger charge is 2.32. The highest BCUT2D eigenvalue weighted by Crippen LogP contribution is 2.11. The molecule has 19 heteroatoms. The molecule has 0 saturated carbocycles. The Hall–Kier alpha value is -5.46. The number of nitrogens with two attached hydrogens (primary N) is 3. The van der Waals surface area contributed by atoms with Gasteiger partial charge in [0.25, 0.3) is 0 Å². The van der Waals surface area contributed by atoms with Crippen LogP contribution in [-0.4, -0.2) is 106 Å². The number of guanidine groups is 1. The fourth-order valence-corrected chi connectivity index (χ4v) is 4.30. The van der Waals surface area contributed by atoms with Gasteiger partial charge in [-0.15, -0.1) is 0 Å². The first kappa shape index (κ1) is 41.6. The smallest absolute Gasteiger partial charge is 0.322 e. The number of carbonyl (C=O) groups is 7. The average Bonchev–Trinajstić information content (AvgIpc) is 3.02. The topological polar surface area (TPSA) is 331 Å². The first-order valence-corrected chi connectivity index (χ1v) is 15.4. The van der Waals surface area contributed by atoms with Gasteiger partial charge in [0, 0.05) is 13.0 Å². The molecule has 0 aromatic heterocycles. The zero-order chi connectivity index (χ0) is 37.3. The van der Waals surface area contributed by atoms with E-state index in [-0.39, 0.29) is 43.9 Å². The maximum atomic E-state index is 13.4. The lowest BCUT2D eigenvalue weighted by molar-refractivity contribution is -0.139. The Morgan fingerprint density at radius 3 is 1.88 bits per heavy atom. The Morgan fingerprint density at radius 2 is 1.33 bits per heavy atom. The normalized spacial score (nSPS) is 13.8. The minimum Gasteiger partial charge on any atom is -0.508 e. The predicted molar refractivity (Wildman–Crippen MR) is 175 cm³/mol. The molecular weight excluding hydrogens is 646 g/mol. The van der Waals surface area contributed by atoms with E-state index >= 15 is 0 Å². The summed E-state index contributed by atoms with van der Waals surface area (Å²) in [4.78, 5) is 91.1. The summed E-state index contributed by atoms with van der Waals surface area (Å²) >= 11 is 0. The van der Waals surface area contributed by atoms with Crippen LogP contribution in [0.4, 0.5) is 0 Å². The van der Waals surface area contributed by atoms with Crippen LogP contribution in [0.3, 0.4) is 0 Å². The van der Waals surface area contributed by atoms with E-state index in [2.05, 4.69) is 31.6 Å². The SMILES string of the molecule is CC(C)[C@H](NC(=O)[C@H](CCCN=C(N)N)NC(=O)[C@H](CCC(=O)O)NC(=O)[C@H](C)NC(=O)[C@@H](N)Cc1ccc(O)cc1)C(=O)NCC(=O)O. The minimum absolute atomic E-state index is 0.0339. The van der Waals surface area contributed by atoms with Gasteiger partial charge >= 0.3 is 11.9 Å². The summed E-state index contributed by atoms with van der Waals surface area (Å²) in [7, 11) is 0. The number of aliphatic imine (C=N–C) groups is 1. The summed E-state index contributed by atoms with van der Waals surface area (Å²) in [5, 5.41) is 39.6. The molecular formula is C30H47N9O10. The molecule has 1 rings (SSSR count). The number of carboxylic acids is 2. The molecule has 14 N–H and O–H groups in total. The number of phenolic OH excluding ortho intramolecular Hbond substituents is 1. The van der Waals surface area contributed by atoms with Gasteiger partial charge in [0.15, 0.2) is 5.96 Å². The van der Waals surface area contributed by atoms with Crippen molar-refractivity contribution >= 4 is 47.4 Å². The lowest BCUT2D eigenvalue weighted by Gasteiger charge is -2.27. The van der Waals surface area contributed by atoms with Crippen LogP contribution in [0.15, 0.2) is 29.3 Å². The number of nitrogens with zero attached hydrogens (tertiary/aromatic N) is 1. The summed E-state index contributed by atoms with van der Waals surface area (Å²) < 4.78 is 0. The number of rotatable bonds is 21. The molecule has 0 saturated heterocycles. The number of hydrogen-bond donors (Lipinski definition) is 11. The maximum absolute atomic E-state index is 13.4. The Labute approximate surface area is 282 Å². The van der Waals surface area contributed by atoms with Gasteiger partial charge in [0.2, 0.25) is 29.5 Å². The number of hydrogen-bond acceptors (Lipinski definition) is 10. The number of amides is 5. The highest BCUT2D eigenvalue weighted by molar-refractivity contribution is 5.96. The predicted octanol–water partition coefficient (Wildman–Crippen LogP) is -3.00. The lowest BCUT2D eigenvalue weighted by Crippen LogP contribution is -2.59. The Morgan fingerprint density at radius 1 is 0.755 bits per heavy atom. The molecule has 5 amide bonds. The zero-order valence-corrected chi connectivity index (χ0v) is 27.6. The van der Waals surface area contributed by atoms with Gasteiger partial charge in [0.1, 0.15) is 36.5 Å². The van der Waals surface area contributed by atoms with E-state index in [4.69, 9.17) is 22.3 Å². The van der Waals surface area contributed by atoms with Gasteiger partial charge < -0.3 is 59.1 Å². The van der Waals surface area contributed by atoms with Crippen LogP contribution >= 0.6 is 0 Å². The van der Waals surface area contributed by atoms with Crippen molar-refractivity contribution in [1.82, 2.24) is 26.6 Å². The average molecular weight is 694 g/mol. The van der Waals surface area contributed by atoms with Gasteiger partial charge in [-0.2, -0.15) is 0 Å². The van der Waals surface area contributed by atoms with E-state index in [1.165, 1.54) is 19.1 Å². The van der Waals surface area contributed by atoms with E-state index < -0.39 is 90.6 Å². The minimum atomic E-state index is -1.47. The molecule has 5 atom stereocenters. The van der Waals surface area contributed by atoms with E-state index in [1.54, 1.807) is 26.0 Å². The second-order valence-electron chi connectivity index (χ2n) is 11.6. The Balaban J connectivity index is 3.09. The molecule has 0 heterocycles. The van der Waals surface area contributed by atoms with Crippen LogP contribution in [0, 0.1) is 5.92 Å². The third-order valence-electron chi connectivity index (χ3n) is 7.00. The number of aliphatic carboxylic acids is 2. The molecule has 272 valence electrons. The quantitative estimate of drug-likeness (QED) is 0.0348. The Bertz CT molecular complexity index is 1350. The number of phenols is 1. The second-order valence-corrected chi connectivity index (χ2v) is 11.6. The summed E-state index contributed by atoms with van der Waals surface area (Å²) in [5.74, 6) is -7.31. The van der Waals surface area contributed by atoms with Crippen LogP contribution in [-0.2, 0) is 40.0 Å². The Kier molecular flexibility index (Phi) is 17.6. The van der Waals surface area contributed by atoms with Gasteiger partial charge in [-0.25, -0.2) is 0 Å². The van der Waals surface area contributed by atoms with E-state index in [9.17, 15) is 43.8 Å². The monoisotopic (exact) mass is 693 g/mol. The third kappa shape index (κ3) is 16.3. The summed E-state index contributed by atoms with van der Waals surface area (Å²) in [6, 6.07) is -0.242. The summed E-state index contributed by atoms with van der Waals surface area (Å²) in [6.45, 7) is 3.92. The number of nitrogens with one attached hydrogen (secondary N) is 5. The molecule has 19 nitrogen and oxygen atoms in total. The molecule has 0 aliphatic rings.